The van der Waals surface area contributed by atoms with Crippen LogP contribution >= 0.6 is 11.6 Å². The molecule has 0 saturated heterocycles. The summed E-state index contributed by atoms with van der Waals surface area (Å²) in [6.45, 7) is 2.34. The van der Waals surface area contributed by atoms with Crippen molar-refractivity contribution in [3.05, 3.63) is 64.7 Å². The summed E-state index contributed by atoms with van der Waals surface area (Å²) < 4.78 is 4.94. The molecule has 0 radical (unpaired) electrons. The Morgan fingerprint density at radius 2 is 1.88 bits per heavy atom. The molecular weight excluding hydrogens is 352 g/mol. The Balaban J connectivity index is 1.80. The van der Waals surface area contributed by atoms with Gasteiger partial charge in [-0.05, 0) is 42.7 Å². The molecule has 0 bridgehead atoms. The van der Waals surface area contributed by atoms with Gasteiger partial charge in [-0.3, -0.25) is 9.69 Å². The summed E-state index contributed by atoms with van der Waals surface area (Å²) in [7, 11) is 1.39. The number of esters is 1. The Morgan fingerprint density at radius 3 is 2.58 bits per heavy atom. The Labute approximate surface area is 157 Å². The second-order valence-corrected chi connectivity index (χ2v) is 6.81. The molecule has 5 nitrogen and oxygen atoms in total. The van der Waals surface area contributed by atoms with Crippen LogP contribution in [0.4, 0.5) is 10.5 Å². The van der Waals surface area contributed by atoms with Gasteiger partial charge in [0.25, 0.3) is 0 Å². The molecule has 0 aliphatic carbocycles. The maximum absolute atomic E-state index is 12.8. The molecule has 1 aliphatic heterocycles. The summed E-state index contributed by atoms with van der Waals surface area (Å²) in [5.41, 5.74) is 2.53. The number of nitrogens with one attached hydrogen (secondary N) is 1. The number of halogens is 1. The first-order valence-electron chi connectivity index (χ1n) is 8.49. The molecule has 136 valence electrons. The summed E-state index contributed by atoms with van der Waals surface area (Å²) in [6.07, 6.45) is 0.526. The number of carbonyl (C=O) groups excluding carboxylic acids is 2. The van der Waals surface area contributed by atoms with Crippen molar-refractivity contribution >= 4 is 29.3 Å². The molecule has 3 rings (SSSR count). The number of urea groups is 1. The minimum absolute atomic E-state index is 0.126. The molecule has 0 spiro atoms. The van der Waals surface area contributed by atoms with Gasteiger partial charge in [0.2, 0.25) is 0 Å². The number of fused-ring (bicyclic) bond motifs is 1. The number of hydrogen-bond donors (Lipinski definition) is 1. The van der Waals surface area contributed by atoms with Gasteiger partial charge >= 0.3 is 12.0 Å². The zero-order chi connectivity index (χ0) is 18.7. The topological polar surface area (TPSA) is 58.6 Å². The first kappa shape index (κ1) is 18.3. The number of carbonyl (C=O) groups is 2. The van der Waals surface area contributed by atoms with Gasteiger partial charge in [0.05, 0.1) is 13.0 Å². The fourth-order valence-electron chi connectivity index (χ4n) is 3.35. The van der Waals surface area contributed by atoms with Crippen molar-refractivity contribution in [2.75, 3.05) is 12.0 Å². The smallest absolute Gasteiger partial charge is 0.322 e. The van der Waals surface area contributed by atoms with Gasteiger partial charge in [0.15, 0.2) is 0 Å². The number of anilines is 1. The van der Waals surface area contributed by atoms with Crippen molar-refractivity contribution in [2.24, 2.45) is 0 Å². The van der Waals surface area contributed by atoms with Gasteiger partial charge in [0, 0.05) is 23.3 Å². The molecule has 2 amide bonds. The first-order valence-corrected chi connectivity index (χ1v) is 8.87. The molecule has 2 aromatic carbocycles. The largest absolute Gasteiger partial charge is 0.469 e. The lowest BCUT2D eigenvalue weighted by Gasteiger charge is -2.38. The van der Waals surface area contributed by atoms with E-state index in [0.717, 1.165) is 16.8 Å². The summed E-state index contributed by atoms with van der Waals surface area (Å²) in [5, 5.41) is 3.60. The SMILES string of the molecule is COC(=O)C1CC(C)N(C(=O)NCc2ccc(Cl)cc2)c2ccccc21. The van der Waals surface area contributed by atoms with Crippen molar-refractivity contribution < 1.29 is 14.3 Å². The monoisotopic (exact) mass is 372 g/mol. The zero-order valence-corrected chi connectivity index (χ0v) is 15.5. The molecular formula is C20H21ClN2O3. The van der Waals surface area contributed by atoms with Crippen LogP contribution in [0.5, 0.6) is 0 Å². The quantitative estimate of drug-likeness (QED) is 0.825. The number of amides is 2. The highest BCUT2D eigenvalue weighted by molar-refractivity contribution is 6.30. The molecule has 0 fully saturated rings. The molecule has 0 aromatic heterocycles. The molecule has 26 heavy (non-hydrogen) atoms. The average Bonchev–Trinajstić information content (AvgIpc) is 2.66. The van der Waals surface area contributed by atoms with E-state index in [1.54, 1.807) is 17.0 Å². The number of benzene rings is 2. The molecule has 2 aromatic rings. The minimum atomic E-state index is -0.355. The van der Waals surface area contributed by atoms with E-state index in [4.69, 9.17) is 16.3 Å². The zero-order valence-electron chi connectivity index (χ0n) is 14.7. The normalized spacial score (nSPS) is 18.8. The third-order valence-electron chi connectivity index (χ3n) is 4.65. The third kappa shape index (κ3) is 3.68. The maximum atomic E-state index is 12.8. The number of para-hydroxylation sites is 1. The van der Waals surface area contributed by atoms with E-state index in [1.807, 2.05) is 43.3 Å². The molecule has 1 aliphatic rings. The van der Waals surface area contributed by atoms with Gasteiger partial charge in [0.1, 0.15) is 0 Å². The van der Waals surface area contributed by atoms with Gasteiger partial charge in [-0.1, -0.05) is 41.9 Å². The highest BCUT2D eigenvalue weighted by Gasteiger charge is 2.37. The van der Waals surface area contributed by atoms with E-state index in [-0.39, 0.29) is 24.0 Å². The summed E-state index contributed by atoms with van der Waals surface area (Å²) in [4.78, 5) is 26.7. The van der Waals surface area contributed by atoms with Crippen LogP contribution in [-0.4, -0.2) is 25.2 Å². The molecule has 2 unspecified atom stereocenters. The van der Waals surface area contributed by atoms with Crippen molar-refractivity contribution in [1.29, 1.82) is 0 Å². The third-order valence-corrected chi connectivity index (χ3v) is 4.90. The lowest BCUT2D eigenvalue weighted by molar-refractivity contribution is -0.142. The van der Waals surface area contributed by atoms with E-state index in [9.17, 15) is 9.59 Å². The molecule has 0 saturated carbocycles. The second kappa shape index (κ2) is 7.79. The van der Waals surface area contributed by atoms with Crippen LogP contribution in [0.25, 0.3) is 0 Å². The van der Waals surface area contributed by atoms with Crippen LogP contribution < -0.4 is 10.2 Å². The van der Waals surface area contributed by atoms with Crippen molar-refractivity contribution in [2.45, 2.75) is 31.8 Å². The number of rotatable bonds is 3. The van der Waals surface area contributed by atoms with Crippen LogP contribution in [0, 0.1) is 0 Å². The Morgan fingerprint density at radius 1 is 1.19 bits per heavy atom. The minimum Gasteiger partial charge on any atom is -0.469 e. The highest BCUT2D eigenvalue weighted by Crippen LogP contribution is 2.39. The number of nitrogens with zero attached hydrogens (tertiary/aromatic N) is 1. The van der Waals surface area contributed by atoms with Crippen LogP contribution in [0.15, 0.2) is 48.5 Å². The maximum Gasteiger partial charge on any atom is 0.322 e. The standard InChI is InChI=1S/C20H21ClN2O3/c1-13-11-17(19(24)26-2)16-5-3-4-6-18(16)23(13)20(25)22-12-14-7-9-15(21)10-8-14/h3-10,13,17H,11-12H2,1-2H3,(H,22,25). The van der Waals surface area contributed by atoms with Crippen molar-refractivity contribution in [1.82, 2.24) is 5.32 Å². The van der Waals surface area contributed by atoms with Crippen LogP contribution in [0.2, 0.25) is 5.02 Å². The predicted molar refractivity (Wildman–Crippen MR) is 101 cm³/mol. The second-order valence-electron chi connectivity index (χ2n) is 6.37. The molecule has 6 heteroatoms. The van der Waals surface area contributed by atoms with E-state index in [1.165, 1.54) is 7.11 Å². The van der Waals surface area contributed by atoms with E-state index >= 15 is 0 Å². The number of methoxy groups -OCH3 is 1. The summed E-state index contributed by atoms with van der Waals surface area (Å²) >= 11 is 5.89. The summed E-state index contributed by atoms with van der Waals surface area (Å²) in [5.74, 6) is -0.628. The number of hydrogen-bond acceptors (Lipinski definition) is 3. The van der Waals surface area contributed by atoms with Crippen molar-refractivity contribution in [3.63, 3.8) is 0 Å². The van der Waals surface area contributed by atoms with Gasteiger partial charge in [-0.25, -0.2) is 4.79 Å². The molecule has 1 N–H and O–H groups in total. The fourth-order valence-corrected chi connectivity index (χ4v) is 3.48. The Bertz CT molecular complexity index is 807. The highest BCUT2D eigenvalue weighted by atomic mass is 35.5. The fraction of sp³-hybridized carbons (Fsp3) is 0.300. The van der Waals surface area contributed by atoms with E-state index in [2.05, 4.69) is 5.32 Å². The predicted octanol–water partition coefficient (Wildman–Crippen LogP) is 4.11. The first-order chi connectivity index (χ1) is 12.5. The molecule has 1 heterocycles. The Hall–Kier alpha value is -2.53. The van der Waals surface area contributed by atoms with E-state index < -0.39 is 0 Å². The van der Waals surface area contributed by atoms with Crippen LogP contribution in [0.1, 0.15) is 30.4 Å². The summed E-state index contributed by atoms with van der Waals surface area (Å²) in [6, 6.07) is 14.5. The van der Waals surface area contributed by atoms with Crippen LogP contribution in [-0.2, 0) is 16.1 Å². The van der Waals surface area contributed by atoms with Gasteiger partial charge in [-0.15, -0.1) is 0 Å². The van der Waals surface area contributed by atoms with E-state index in [0.29, 0.717) is 18.0 Å². The lowest BCUT2D eigenvalue weighted by Crippen LogP contribution is -2.49. The van der Waals surface area contributed by atoms with Gasteiger partial charge in [-0.2, -0.15) is 0 Å². The Kier molecular flexibility index (Phi) is 5.47. The van der Waals surface area contributed by atoms with Gasteiger partial charge < -0.3 is 10.1 Å². The number of ether oxygens (including phenoxy) is 1. The van der Waals surface area contributed by atoms with Crippen LogP contribution in [0.3, 0.4) is 0 Å². The van der Waals surface area contributed by atoms with Crippen molar-refractivity contribution in [3.8, 4) is 0 Å². The molecule has 2 atom stereocenters. The lowest BCUT2D eigenvalue weighted by atomic mass is 9.86. The average molecular weight is 373 g/mol.